The summed E-state index contributed by atoms with van der Waals surface area (Å²) in [5.74, 6) is 0. The normalized spacial score (nSPS) is 16.2. The van der Waals surface area contributed by atoms with Crippen LogP contribution in [0.1, 0.15) is 40.0 Å². The van der Waals surface area contributed by atoms with Crippen molar-refractivity contribution in [3.8, 4) is 0 Å². The fourth-order valence-corrected chi connectivity index (χ4v) is 15.2. The van der Waals surface area contributed by atoms with Crippen LogP contribution in [-0.2, 0) is 15.7 Å². The third-order valence-corrected chi connectivity index (χ3v) is 14.9. The zero-order chi connectivity index (χ0) is 11.1. The first-order chi connectivity index (χ1) is 6.54. The van der Waals surface area contributed by atoms with Gasteiger partial charge in [-0.25, -0.2) is 0 Å². The van der Waals surface area contributed by atoms with Gasteiger partial charge >= 0.3 is 102 Å². The van der Waals surface area contributed by atoms with Crippen molar-refractivity contribution in [3.63, 3.8) is 0 Å². The van der Waals surface area contributed by atoms with E-state index in [0.717, 1.165) is 0 Å². The van der Waals surface area contributed by atoms with Crippen LogP contribution in [0.5, 0.6) is 0 Å². The molecule has 0 rings (SSSR count). The Labute approximate surface area is 101 Å². The van der Waals surface area contributed by atoms with Crippen molar-refractivity contribution in [2.75, 3.05) is 25.2 Å². The Morgan fingerprint density at radius 3 is 1.57 bits per heavy atom. The van der Waals surface area contributed by atoms with Crippen LogP contribution in [0.2, 0.25) is 0 Å². The molecular weight excluding hydrogens is 300 g/mol. The van der Waals surface area contributed by atoms with Crippen molar-refractivity contribution in [3.05, 3.63) is 0 Å². The van der Waals surface area contributed by atoms with Gasteiger partial charge in [-0.1, -0.05) is 0 Å². The Balaban J connectivity index is 4.88. The van der Waals surface area contributed by atoms with Gasteiger partial charge in [0.15, 0.2) is 0 Å². The summed E-state index contributed by atoms with van der Waals surface area (Å²) in [6.45, 7) is 8.02. The SMILES string of the molecule is CCCP(C)([CH]=[Ru][Cl])(CCC)CCC. The first-order valence-corrected chi connectivity index (χ1v) is 12.2. The van der Waals surface area contributed by atoms with E-state index in [9.17, 15) is 0 Å². The molecule has 0 aliphatic carbocycles. The van der Waals surface area contributed by atoms with Crippen molar-refractivity contribution < 1.29 is 15.7 Å². The molecule has 0 aliphatic heterocycles. The average Bonchev–Trinajstić information content (AvgIpc) is 2.05. The quantitative estimate of drug-likeness (QED) is 0.481. The van der Waals surface area contributed by atoms with Crippen molar-refractivity contribution in [1.29, 1.82) is 0 Å². The van der Waals surface area contributed by atoms with Crippen LogP contribution in [0, 0.1) is 0 Å². The molecule has 0 aromatic heterocycles. The Morgan fingerprint density at radius 1 is 1.00 bits per heavy atom. The molecule has 0 aliphatic rings. The second-order valence-electron chi connectivity index (χ2n) is 4.76. The molecule has 0 aromatic rings. The molecule has 0 saturated heterocycles. The fourth-order valence-electron chi connectivity index (χ4n) is 2.59. The topological polar surface area (TPSA) is 0 Å². The Hall–Kier alpha value is 1.21. The molecule has 0 N–H and O–H groups in total. The van der Waals surface area contributed by atoms with E-state index in [2.05, 4.69) is 31.8 Å². The van der Waals surface area contributed by atoms with Crippen LogP contribution in [0.15, 0.2) is 0 Å². The molecule has 0 atom stereocenters. The minimum atomic E-state index is -1.49. The molecule has 0 aromatic carbocycles. The first kappa shape index (κ1) is 15.2. The molecule has 0 fully saturated rings. The summed E-state index contributed by atoms with van der Waals surface area (Å²) < 4.78 is 2.58. The van der Waals surface area contributed by atoms with Crippen molar-refractivity contribution >= 4 is 20.6 Å². The third-order valence-electron chi connectivity index (χ3n) is 3.00. The summed E-state index contributed by atoms with van der Waals surface area (Å²) in [5, 5.41) is 0. The standard InChI is InChI=1S/C11H25P.ClH.Ru/c1-6-9-12(4,5,10-7-2)11-8-3;;/h4H,6-11H2,1-3,5H3;1H;/q;;+1/p-1. The van der Waals surface area contributed by atoms with E-state index in [1.165, 1.54) is 37.7 Å². The van der Waals surface area contributed by atoms with E-state index < -0.39 is 6.60 Å². The molecule has 0 bridgehead atoms. The van der Waals surface area contributed by atoms with Gasteiger partial charge in [0.25, 0.3) is 0 Å². The summed E-state index contributed by atoms with van der Waals surface area (Å²) in [5.41, 5.74) is 0. The Kier molecular flexibility index (Phi) is 7.30. The monoisotopic (exact) mass is 325 g/mol. The molecule has 0 radical (unpaired) electrons. The van der Waals surface area contributed by atoms with Crippen LogP contribution < -0.4 is 0 Å². The minimum absolute atomic E-state index is 0.00117. The summed E-state index contributed by atoms with van der Waals surface area (Å²) in [6.07, 6.45) is 8.24. The predicted molar refractivity (Wildman–Crippen MR) is 70.2 cm³/mol. The van der Waals surface area contributed by atoms with Gasteiger partial charge in [0, 0.05) is 0 Å². The Morgan fingerprint density at radius 2 is 1.36 bits per heavy atom. The maximum atomic E-state index is 6.05. The van der Waals surface area contributed by atoms with Gasteiger partial charge in [-0.05, 0) is 0 Å². The third kappa shape index (κ3) is 4.38. The van der Waals surface area contributed by atoms with Gasteiger partial charge < -0.3 is 0 Å². The molecular formula is C11H25ClPRu. The van der Waals surface area contributed by atoms with Crippen LogP contribution >= 0.6 is 16.3 Å². The number of hydrogen-bond acceptors (Lipinski definition) is 0. The molecule has 89 valence electrons. The molecule has 0 unspecified atom stereocenters. The summed E-state index contributed by atoms with van der Waals surface area (Å²) in [6, 6.07) is 0. The van der Waals surface area contributed by atoms with Gasteiger partial charge in [-0.15, -0.1) is 0 Å². The molecule has 0 saturated carbocycles. The van der Waals surface area contributed by atoms with Crippen LogP contribution in [0.25, 0.3) is 0 Å². The van der Waals surface area contributed by atoms with E-state index in [1.54, 1.807) is 0 Å². The zero-order valence-electron chi connectivity index (χ0n) is 10.00. The second-order valence-corrected chi connectivity index (χ2v) is 13.8. The van der Waals surface area contributed by atoms with E-state index in [0.29, 0.717) is 0 Å². The van der Waals surface area contributed by atoms with Crippen LogP contribution in [0.4, 0.5) is 0 Å². The Bertz CT molecular complexity index is 172. The van der Waals surface area contributed by atoms with Gasteiger partial charge in [0.05, 0.1) is 0 Å². The van der Waals surface area contributed by atoms with Gasteiger partial charge in [-0.2, -0.15) is 0 Å². The molecule has 3 heteroatoms. The zero-order valence-corrected chi connectivity index (χ0v) is 13.4. The molecule has 0 spiro atoms. The van der Waals surface area contributed by atoms with Crippen molar-refractivity contribution in [2.24, 2.45) is 0 Å². The van der Waals surface area contributed by atoms with E-state index in [-0.39, 0.29) is 15.7 Å². The number of rotatable bonds is 7. The van der Waals surface area contributed by atoms with E-state index in [4.69, 9.17) is 9.69 Å². The number of hydrogen-bond donors (Lipinski definition) is 0. The molecule has 0 heterocycles. The average molecular weight is 325 g/mol. The number of halogens is 1. The van der Waals surface area contributed by atoms with E-state index >= 15 is 0 Å². The fraction of sp³-hybridized carbons (Fsp3) is 0.909. The summed E-state index contributed by atoms with van der Waals surface area (Å²) >= 11 is 0.00117. The van der Waals surface area contributed by atoms with E-state index in [1.807, 2.05) is 0 Å². The second kappa shape index (κ2) is 6.72. The molecule has 0 nitrogen and oxygen atoms in total. The van der Waals surface area contributed by atoms with Gasteiger partial charge in [0.2, 0.25) is 0 Å². The van der Waals surface area contributed by atoms with Gasteiger partial charge in [0.1, 0.15) is 0 Å². The first-order valence-electron chi connectivity index (χ1n) is 5.61. The van der Waals surface area contributed by atoms with Crippen LogP contribution in [-0.4, -0.2) is 29.5 Å². The van der Waals surface area contributed by atoms with Gasteiger partial charge in [-0.3, -0.25) is 0 Å². The van der Waals surface area contributed by atoms with Crippen molar-refractivity contribution in [1.82, 2.24) is 0 Å². The molecule has 0 amide bonds. The summed E-state index contributed by atoms with van der Waals surface area (Å²) in [4.78, 5) is 0. The van der Waals surface area contributed by atoms with Crippen LogP contribution in [0.3, 0.4) is 0 Å². The molecule has 14 heavy (non-hydrogen) atoms. The van der Waals surface area contributed by atoms with Crippen molar-refractivity contribution in [2.45, 2.75) is 40.0 Å². The maximum absolute atomic E-state index is 6.05. The summed E-state index contributed by atoms with van der Waals surface area (Å²) in [7, 11) is 6.05. The predicted octanol–water partition coefficient (Wildman–Crippen LogP) is 4.40.